The zero-order valence-corrected chi connectivity index (χ0v) is 11.6. The molecule has 0 amide bonds. The molecule has 0 aromatic heterocycles. The molecule has 0 radical (unpaired) electrons. The summed E-state index contributed by atoms with van der Waals surface area (Å²) in [6, 6.07) is 13.3. The number of rotatable bonds is 3. The van der Waals surface area contributed by atoms with Crippen LogP contribution in [0, 0.1) is 0 Å². The number of benzene rings is 2. The minimum atomic E-state index is -0.149. The molecular formula is C15H15ClN2O2. The van der Waals surface area contributed by atoms with Gasteiger partial charge in [-0.25, -0.2) is 5.43 Å². The Morgan fingerprint density at radius 2 is 1.75 bits per heavy atom. The number of nitrogens with one attached hydrogen (secondary N) is 1. The molecule has 1 unspecified atom stereocenters. The molecule has 0 fully saturated rings. The summed E-state index contributed by atoms with van der Waals surface area (Å²) in [5.74, 6) is 7.21. The van der Waals surface area contributed by atoms with Crippen LogP contribution in [0.25, 0.3) is 0 Å². The fraction of sp³-hybridized carbons (Fsp3) is 0.200. The average molecular weight is 291 g/mol. The second-order valence-electron chi connectivity index (χ2n) is 4.56. The van der Waals surface area contributed by atoms with E-state index < -0.39 is 0 Å². The van der Waals surface area contributed by atoms with Crippen molar-refractivity contribution in [1.29, 1.82) is 0 Å². The molecule has 0 spiro atoms. The first-order valence-corrected chi connectivity index (χ1v) is 6.77. The molecule has 0 aliphatic carbocycles. The lowest BCUT2D eigenvalue weighted by Crippen LogP contribution is -2.29. The van der Waals surface area contributed by atoms with Crippen LogP contribution >= 0.6 is 11.6 Å². The lowest BCUT2D eigenvalue weighted by atomic mass is 9.99. The zero-order chi connectivity index (χ0) is 13.9. The van der Waals surface area contributed by atoms with Gasteiger partial charge in [0.15, 0.2) is 11.5 Å². The number of hydrogen-bond acceptors (Lipinski definition) is 4. The topological polar surface area (TPSA) is 56.5 Å². The van der Waals surface area contributed by atoms with Gasteiger partial charge in [0.2, 0.25) is 0 Å². The molecule has 1 atom stereocenters. The second-order valence-corrected chi connectivity index (χ2v) is 4.99. The van der Waals surface area contributed by atoms with E-state index in [2.05, 4.69) is 5.43 Å². The molecule has 20 heavy (non-hydrogen) atoms. The lowest BCUT2D eigenvalue weighted by Gasteiger charge is -2.22. The van der Waals surface area contributed by atoms with E-state index in [4.69, 9.17) is 26.9 Å². The van der Waals surface area contributed by atoms with Crippen molar-refractivity contribution < 1.29 is 9.47 Å². The molecule has 0 saturated carbocycles. The van der Waals surface area contributed by atoms with Crippen LogP contribution in [-0.2, 0) is 0 Å². The number of hydrazine groups is 1. The van der Waals surface area contributed by atoms with Gasteiger partial charge in [-0.1, -0.05) is 29.8 Å². The molecule has 0 bridgehead atoms. The summed E-state index contributed by atoms with van der Waals surface area (Å²) >= 11 is 6.04. The highest BCUT2D eigenvalue weighted by Crippen LogP contribution is 2.34. The van der Waals surface area contributed by atoms with E-state index in [9.17, 15) is 0 Å². The van der Waals surface area contributed by atoms with Crippen LogP contribution in [0.4, 0.5) is 0 Å². The van der Waals surface area contributed by atoms with Gasteiger partial charge in [-0.2, -0.15) is 0 Å². The van der Waals surface area contributed by atoms with Crippen molar-refractivity contribution >= 4 is 11.6 Å². The molecule has 3 N–H and O–H groups in total. The summed E-state index contributed by atoms with van der Waals surface area (Å²) in [5, 5.41) is 0.681. The van der Waals surface area contributed by atoms with E-state index in [1.165, 1.54) is 0 Å². The molecule has 104 valence electrons. The van der Waals surface area contributed by atoms with Crippen molar-refractivity contribution in [2.75, 3.05) is 13.2 Å². The smallest absolute Gasteiger partial charge is 0.161 e. The lowest BCUT2D eigenvalue weighted by molar-refractivity contribution is 0.171. The minimum Gasteiger partial charge on any atom is -0.486 e. The highest BCUT2D eigenvalue weighted by molar-refractivity contribution is 6.30. The summed E-state index contributed by atoms with van der Waals surface area (Å²) in [7, 11) is 0. The normalized spacial score (nSPS) is 14.9. The molecule has 5 heteroatoms. The maximum Gasteiger partial charge on any atom is 0.161 e. The van der Waals surface area contributed by atoms with Gasteiger partial charge in [-0.05, 0) is 35.4 Å². The fourth-order valence-electron chi connectivity index (χ4n) is 2.31. The van der Waals surface area contributed by atoms with Gasteiger partial charge in [0.05, 0.1) is 6.04 Å². The van der Waals surface area contributed by atoms with Gasteiger partial charge in [0.25, 0.3) is 0 Å². The third-order valence-corrected chi connectivity index (χ3v) is 3.48. The maximum atomic E-state index is 6.04. The van der Waals surface area contributed by atoms with Crippen molar-refractivity contribution in [1.82, 2.24) is 5.43 Å². The van der Waals surface area contributed by atoms with E-state index >= 15 is 0 Å². The summed E-state index contributed by atoms with van der Waals surface area (Å²) in [6.45, 7) is 1.15. The minimum absolute atomic E-state index is 0.149. The van der Waals surface area contributed by atoms with Crippen molar-refractivity contribution in [3.05, 3.63) is 58.6 Å². The third kappa shape index (κ3) is 2.58. The van der Waals surface area contributed by atoms with Crippen molar-refractivity contribution in [3.8, 4) is 11.5 Å². The van der Waals surface area contributed by atoms with Crippen LogP contribution in [0.3, 0.4) is 0 Å². The maximum absolute atomic E-state index is 6.04. The zero-order valence-electron chi connectivity index (χ0n) is 10.8. The van der Waals surface area contributed by atoms with Crippen LogP contribution in [0.2, 0.25) is 5.02 Å². The first-order valence-electron chi connectivity index (χ1n) is 6.39. The first-order chi connectivity index (χ1) is 9.78. The Hall–Kier alpha value is -1.75. The Balaban J connectivity index is 1.97. The summed E-state index contributed by atoms with van der Waals surface area (Å²) < 4.78 is 11.1. The molecule has 3 rings (SSSR count). The summed E-state index contributed by atoms with van der Waals surface area (Å²) in [6.07, 6.45) is 0. The van der Waals surface area contributed by atoms with E-state index in [0.717, 1.165) is 22.6 Å². The first kappa shape index (κ1) is 13.2. The Morgan fingerprint density at radius 3 is 2.50 bits per heavy atom. The predicted octanol–water partition coefficient (Wildman–Crippen LogP) is 2.66. The van der Waals surface area contributed by atoms with Crippen LogP contribution < -0.4 is 20.7 Å². The van der Waals surface area contributed by atoms with Crippen molar-refractivity contribution in [2.45, 2.75) is 6.04 Å². The average Bonchev–Trinajstić information content (AvgIpc) is 2.48. The van der Waals surface area contributed by atoms with E-state index in [0.29, 0.717) is 18.2 Å². The number of halogens is 1. The van der Waals surface area contributed by atoms with Crippen molar-refractivity contribution in [2.24, 2.45) is 5.84 Å². The predicted molar refractivity (Wildman–Crippen MR) is 78.1 cm³/mol. The molecule has 4 nitrogen and oxygen atoms in total. The number of fused-ring (bicyclic) bond motifs is 1. The van der Waals surface area contributed by atoms with E-state index in [1.54, 1.807) is 0 Å². The Morgan fingerprint density at radius 1 is 1.00 bits per heavy atom. The molecule has 1 aliphatic rings. The highest BCUT2D eigenvalue weighted by Gasteiger charge is 2.17. The van der Waals surface area contributed by atoms with Crippen LogP contribution in [0.5, 0.6) is 11.5 Å². The number of ether oxygens (including phenoxy) is 2. The third-order valence-electron chi connectivity index (χ3n) is 3.25. The highest BCUT2D eigenvalue weighted by atomic mass is 35.5. The fourth-order valence-corrected chi connectivity index (χ4v) is 2.51. The van der Waals surface area contributed by atoms with Crippen LogP contribution in [0.15, 0.2) is 42.5 Å². The number of hydrogen-bond donors (Lipinski definition) is 2. The van der Waals surface area contributed by atoms with Gasteiger partial charge >= 0.3 is 0 Å². The molecule has 1 aliphatic heterocycles. The quantitative estimate of drug-likeness (QED) is 0.674. The molecule has 2 aromatic rings. The molecule has 1 heterocycles. The second kappa shape index (κ2) is 5.71. The van der Waals surface area contributed by atoms with Crippen LogP contribution in [-0.4, -0.2) is 13.2 Å². The largest absolute Gasteiger partial charge is 0.486 e. The number of nitrogens with two attached hydrogens (primary N) is 1. The molecule has 0 saturated heterocycles. The van der Waals surface area contributed by atoms with E-state index in [1.807, 2.05) is 42.5 Å². The summed E-state index contributed by atoms with van der Waals surface area (Å²) in [5.41, 5.74) is 4.81. The monoisotopic (exact) mass is 290 g/mol. The molecule has 2 aromatic carbocycles. The SMILES string of the molecule is NNC(c1cccc(Cl)c1)c1ccc2c(c1)OCCO2. The molecular weight excluding hydrogens is 276 g/mol. The standard InChI is InChI=1S/C15H15ClN2O2/c16-12-3-1-2-10(8-12)15(18-17)11-4-5-13-14(9-11)20-7-6-19-13/h1-5,8-9,15,18H,6-7,17H2. The Labute approximate surface area is 122 Å². The van der Waals surface area contributed by atoms with Gasteiger partial charge in [-0.15, -0.1) is 0 Å². The van der Waals surface area contributed by atoms with Crippen LogP contribution in [0.1, 0.15) is 17.2 Å². The van der Waals surface area contributed by atoms with Gasteiger partial charge in [0, 0.05) is 5.02 Å². The summed E-state index contributed by atoms with van der Waals surface area (Å²) in [4.78, 5) is 0. The van der Waals surface area contributed by atoms with Crippen molar-refractivity contribution in [3.63, 3.8) is 0 Å². The van der Waals surface area contributed by atoms with E-state index in [-0.39, 0.29) is 6.04 Å². The Bertz CT molecular complexity index is 619. The Kier molecular flexibility index (Phi) is 3.78. The van der Waals surface area contributed by atoms with Gasteiger partial charge < -0.3 is 9.47 Å². The van der Waals surface area contributed by atoms with Gasteiger partial charge in [-0.3, -0.25) is 5.84 Å². The van der Waals surface area contributed by atoms with Gasteiger partial charge in [0.1, 0.15) is 13.2 Å².